The number of nitrogens with two attached hydrogens (primary N) is 2. The molecule has 0 aromatic heterocycles. The summed E-state index contributed by atoms with van der Waals surface area (Å²) in [6, 6.07) is 27.0. The summed E-state index contributed by atoms with van der Waals surface area (Å²) >= 11 is 0. The van der Waals surface area contributed by atoms with Crippen LogP contribution < -0.4 is 64.7 Å². The largest absolute Gasteiger partial charge is 0.504 e. The van der Waals surface area contributed by atoms with Gasteiger partial charge in [-0.15, -0.1) is 0 Å². The molecule has 2 aliphatic heterocycles. The van der Waals surface area contributed by atoms with E-state index in [9.17, 15) is 68.7 Å². The number of cyclic esters (lactones) is 2. The highest BCUT2D eigenvalue weighted by Gasteiger charge is 2.44. The van der Waals surface area contributed by atoms with Gasteiger partial charge in [0.05, 0.1) is 118 Å². The number of aromatic hydroxyl groups is 1. The normalized spacial score (nSPS) is 12.2. The molecule has 0 radical (unpaired) electrons. The van der Waals surface area contributed by atoms with E-state index >= 15 is 0 Å². The zero-order valence-electron chi connectivity index (χ0n) is 67.9. The summed E-state index contributed by atoms with van der Waals surface area (Å²) < 4.78 is 121. The number of amides is 4. The Balaban J connectivity index is 0.000000715. The first kappa shape index (κ1) is 104. The molecule has 4 amide bonds. The van der Waals surface area contributed by atoms with Crippen molar-refractivity contribution < 1.29 is 126 Å². The van der Waals surface area contributed by atoms with E-state index in [2.05, 4.69) is 15.4 Å². The van der Waals surface area contributed by atoms with Gasteiger partial charge in [-0.3, -0.25) is 38.5 Å². The van der Waals surface area contributed by atoms with Gasteiger partial charge in [0.2, 0.25) is 11.8 Å². The van der Waals surface area contributed by atoms with E-state index in [4.69, 9.17) is 64.0 Å². The van der Waals surface area contributed by atoms with Gasteiger partial charge in [0.1, 0.15) is 42.1 Å². The molecule has 32 nitrogen and oxygen atoms in total. The number of rotatable bonds is 28. The molecule has 0 fully saturated rings. The number of carbonyl (C=O) groups excluding carboxylic acids is 8. The summed E-state index contributed by atoms with van der Waals surface area (Å²) in [5.41, 5.74) is 18.1. The van der Waals surface area contributed by atoms with Gasteiger partial charge in [0, 0.05) is 62.7 Å². The predicted octanol–water partition coefficient (Wildman–Crippen LogP) is 10.9. The average Bonchev–Trinajstić information content (AvgIpc) is 1.62. The standard InChI is InChI=1S/C22H24N2O7S.C13H13NO4.2C12H19NO4S.C10H12O3.C9H10O3.C2H4O2.CH4.H2S/c1-5-31-19-11-14(9-10-18(19)30-3)17(12-32(4,28)29)24-21(26)15-7-6-8-16(23-13(2)25)20(15)22(24)27;1-5-6(2)9-10(13(17)18-12(9)16)11(7(5)3)14-8(4)15;2*1-4-17-12-7-9(5-6-11(12)16-2)10(13)8-18(3,14)15;1-3-13-10-6-8(7-11)4-5-9(10)12-2;1-2-12-9-5-7(6-10)3-4-8(9)11;1-2(3)4;;/h6-11,17H,5,12H2,1-4H3,(H,23,25);1-4H3,(H,14,15);2*5-7,10H,4,8,13H2,1-3H3;4-7H,3H2,1-2H3;3-6,11H,2H2,1H3;1H3,(H,3,4);1H4;1H2/t17-;;10-;;;;;;/m1.1....../s1. The topological polar surface area (TPSA) is 468 Å². The van der Waals surface area contributed by atoms with Gasteiger partial charge >= 0.3 is 11.9 Å². The number of carbonyl (C=O) groups is 9. The quantitative estimate of drug-likeness (QED) is 0.0115. The SMILES string of the molecule is C.CC(=O)Nc1c(C)c(C)c(C)c2c1C(=O)OC2=O.CC(=O)O.CCOc1cc(C(N)CS(C)(=O)=O)ccc1OC.CCOc1cc(C=O)ccc1O.CCOc1cc(C=O)ccc1OC.CCOc1cc([C@@H](CS(C)(=O)=O)N2C(=O)c3cccc(NC(C)=O)c3C2=O)ccc1OC.CCOc1cc([C@H](N)CS(C)(=O)=O)ccc1OC.S. The van der Waals surface area contributed by atoms with Crippen molar-refractivity contribution in [3.63, 3.8) is 0 Å². The summed E-state index contributed by atoms with van der Waals surface area (Å²) in [5.74, 6) is -0.0679. The molecule has 36 heteroatoms. The molecule has 7 aromatic carbocycles. The predicted molar refractivity (Wildman–Crippen MR) is 449 cm³/mol. The number of carboxylic acids is 1. The third kappa shape index (κ3) is 32.0. The Hall–Kier alpha value is -11.3. The Morgan fingerprint density at radius 3 is 1.22 bits per heavy atom. The molecule has 642 valence electrons. The second kappa shape index (κ2) is 48.9. The molecule has 7 aromatic rings. The van der Waals surface area contributed by atoms with Crippen molar-refractivity contribution in [2.45, 2.75) is 102 Å². The van der Waals surface area contributed by atoms with Gasteiger partial charge in [0.25, 0.3) is 17.8 Å². The second-order valence-corrected chi connectivity index (χ2v) is 31.6. The van der Waals surface area contributed by atoms with Gasteiger partial charge in [-0.2, -0.15) is 13.5 Å². The molecule has 0 aliphatic carbocycles. The number of ether oxygens (including phenoxy) is 10. The molecule has 3 atom stereocenters. The monoisotopic (exact) mass is 1710 g/mol. The average molecular weight is 1710 g/mol. The number of anilines is 2. The van der Waals surface area contributed by atoms with Crippen LogP contribution in [0.4, 0.5) is 11.4 Å². The van der Waals surface area contributed by atoms with E-state index in [-0.39, 0.29) is 72.0 Å². The van der Waals surface area contributed by atoms with Crippen LogP contribution >= 0.6 is 13.5 Å². The van der Waals surface area contributed by atoms with Crippen LogP contribution in [0.15, 0.2) is 109 Å². The number of sulfone groups is 3. The summed E-state index contributed by atoms with van der Waals surface area (Å²) in [7, 11) is -3.68. The number of nitrogens with zero attached hydrogens (tertiary/aromatic N) is 1. The number of phenols is 1. The number of fused-ring (bicyclic) bond motifs is 2. The number of benzene rings is 7. The minimum absolute atomic E-state index is 0. The molecular formula is C81H107N5O27S4. The molecule has 9 rings (SSSR count). The third-order valence-corrected chi connectivity index (χ3v) is 18.9. The first-order valence-electron chi connectivity index (χ1n) is 35.3. The van der Waals surface area contributed by atoms with Crippen molar-refractivity contribution >= 4 is 108 Å². The summed E-state index contributed by atoms with van der Waals surface area (Å²) in [6.45, 7) is 20.7. The molecule has 8 N–H and O–H groups in total. The fourth-order valence-corrected chi connectivity index (χ4v) is 13.5. The van der Waals surface area contributed by atoms with Crippen LogP contribution in [-0.4, -0.2) is 192 Å². The van der Waals surface area contributed by atoms with E-state index in [1.807, 2.05) is 34.6 Å². The lowest BCUT2D eigenvalue weighted by Gasteiger charge is -2.27. The minimum atomic E-state index is -3.60. The fourth-order valence-electron chi connectivity index (χ4n) is 10.9. The summed E-state index contributed by atoms with van der Waals surface area (Å²) in [6.07, 6.45) is 4.86. The molecule has 117 heavy (non-hydrogen) atoms. The van der Waals surface area contributed by atoms with Crippen LogP contribution in [0.1, 0.15) is 176 Å². The highest BCUT2D eigenvalue weighted by atomic mass is 32.2. The van der Waals surface area contributed by atoms with Gasteiger partial charge in [-0.25, -0.2) is 34.8 Å². The number of methoxy groups -OCH3 is 4. The lowest BCUT2D eigenvalue weighted by molar-refractivity contribution is -0.134. The number of aliphatic carboxylic acids is 1. The minimum Gasteiger partial charge on any atom is -0.504 e. The van der Waals surface area contributed by atoms with Crippen LogP contribution in [0, 0.1) is 20.8 Å². The molecule has 2 aliphatic rings. The number of hydrogen-bond acceptors (Lipinski definition) is 28. The second-order valence-electron chi connectivity index (χ2n) is 25.0. The van der Waals surface area contributed by atoms with Crippen LogP contribution in [0.25, 0.3) is 0 Å². The Morgan fingerprint density at radius 1 is 0.479 bits per heavy atom. The van der Waals surface area contributed by atoms with E-state index in [1.165, 1.54) is 63.8 Å². The van der Waals surface area contributed by atoms with Crippen LogP contribution in [-0.2, 0) is 48.6 Å². The third-order valence-electron chi connectivity index (χ3n) is 16.0. The fraction of sp³-hybridized carbons (Fsp3) is 0.370. The molecule has 0 saturated heterocycles. The lowest BCUT2D eigenvalue weighted by Crippen LogP contribution is -2.37. The molecule has 1 unspecified atom stereocenters. The maximum Gasteiger partial charge on any atom is 0.349 e. The zero-order chi connectivity index (χ0) is 87.0. The first-order valence-corrected chi connectivity index (χ1v) is 41.5. The van der Waals surface area contributed by atoms with Gasteiger partial charge < -0.3 is 79.7 Å². The smallest absolute Gasteiger partial charge is 0.349 e. The number of hydrogen-bond donors (Lipinski definition) is 6. The Bertz CT molecular complexity index is 4880. The lowest BCUT2D eigenvalue weighted by atomic mass is 9.92. The number of nitrogens with one attached hydrogen (secondary N) is 2. The van der Waals surface area contributed by atoms with Crippen molar-refractivity contribution in [3.05, 3.63) is 176 Å². The Morgan fingerprint density at radius 2 is 0.838 bits per heavy atom. The van der Waals surface area contributed by atoms with E-state index < -0.39 is 89.0 Å². The van der Waals surface area contributed by atoms with E-state index in [0.29, 0.717) is 130 Å². The van der Waals surface area contributed by atoms with E-state index in [1.54, 1.807) is 121 Å². The zero-order valence-corrected chi connectivity index (χ0v) is 71.3. The maximum absolute atomic E-state index is 13.3. The molecular weight excluding hydrogens is 1600 g/mol. The Kier molecular flexibility index (Phi) is 43.4. The van der Waals surface area contributed by atoms with E-state index in [0.717, 1.165) is 35.5 Å². The molecule has 2 heterocycles. The van der Waals surface area contributed by atoms with Crippen LogP contribution in [0.5, 0.6) is 57.5 Å². The Labute approximate surface area is 690 Å². The van der Waals surface area contributed by atoms with Crippen molar-refractivity contribution in [3.8, 4) is 57.5 Å². The number of esters is 2. The summed E-state index contributed by atoms with van der Waals surface area (Å²) in [5, 5.41) is 21.8. The van der Waals surface area contributed by atoms with Crippen LogP contribution in [0.2, 0.25) is 0 Å². The highest BCUT2D eigenvalue weighted by molar-refractivity contribution is 7.91. The van der Waals surface area contributed by atoms with Crippen molar-refractivity contribution in [2.24, 2.45) is 11.5 Å². The molecule has 0 saturated carbocycles. The maximum atomic E-state index is 13.3. The molecule has 0 spiro atoms. The highest BCUT2D eigenvalue weighted by Crippen LogP contribution is 2.41. The summed E-state index contributed by atoms with van der Waals surface area (Å²) in [4.78, 5) is 103. The van der Waals surface area contributed by atoms with Gasteiger partial charge in [0.15, 0.2) is 57.5 Å². The van der Waals surface area contributed by atoms with Crippen LogP contribution in [0.3, 0.4) is 0 Å². The number of aldehydes is 2. The number of phenolic OH excluding ortho intramolecular Hbond substituents is 1. The van der Waals surface area contributed by atoms with Crippen molar-refractivity contribution in [1.29, 1.82) is 0 Å². The molecule has 0 bridgehead atoms. The van der Waals surface area contributed by atoms with Gasteiger partial charge in [-0.1, -0.05) is 31.7 Å². The van der Waals surface area contributed by atoms with Crippen molar-refractivity contribution in [1.82, 2.24) is 4.90 Å². The van der Waals surface area contributed by atoms with Gasteiger partial charge in [-0.05, 0) is 174 Å². The van der Waals surface area contributed by atoms with Crippen molar-refractivity contribution in [2.75, 3.05) is 108 Å². The number of imide groups is 1. The first-order chi connectivity index (χ1) is 54.0. The number of carboxylic acid groups (broad SMARTS) is 1.